The maximum Gasteiger partial charge on any atom is 0.145 e. The maximum atomic E-state index is 5.38. The molecule has 9 aromatic rings. The minimum absolute atomic E-state index is 0.270. The number of fused-ring (bicyclic) bond motifs is 3. The Balaban J connectivity index is 1.03. The molecule has 2 heterocycles. The number of allylic oxidation sites excluding steroid dienone is 1. The summed E-state index contributed by atoms with van der Waals surface area (Å²) in [5, 5.41) is 6.34. The average molecular weight is 704 g/mol. The third-order valence-electron chi connectivity index (χ3n) is 10.6. The van der Waals surface area contributed by atoms with Crippen molar-refractivity contribution in [3.8, 4) is 39.1 Å². The predicted molar refractivity (Wildman–Crippen MR) is 230 cm³/mol. The van der Waals surface area contributed by atoms with E-state index in [0.29, 0.717) is 0 Å². The first kappa shape index (κ1) is 32.4. The maximum absolute atomic E-state index is 5.38. The van der Waals surface area contributed by atoms with Gasteiger partial charge in [0.15, 0.2) is 0 Å². The molecule has 3 nitrogen and oxygen atoms in total. The first-order valence-corrected chi connectivity index (χ1v) is 18.8. The first-order chi connectivity index (χ1) is 27.2. The number of nitrogens with one attached hydrogen (secondary N) is 1. The lowest BCUT2D eigenvalue weighted by Gasteiger charge is -2.25. The van der Waals surface area contributed by atoms with Crippen LogP contribution < -0.4 is 5.32 Å². The van der Waals surface area contributed by atoms with E-state index in [1.165, 1.54) is 44.1 Å². The van der Waals surface area contributed by atoms with E-state index in [9.17, 15) is 0 Å². The third kappa shape index (κ3) is 6.22. The van der Waals surface area contributed by atoms with E-state index in [0.717, 1.165) is 44.9 Å². The van der Waals surface area contributed by atoms with Gasteiger partial charge in [-0.15, -0.1) is 0 Å². The molecule has 1 atom stereocenters. The summed E-state index contributed by atoms with van der Waals surface area (Å²) in [7, 11) is 0. The molecule has 10 rings (SSSR count). The highest BCUT2D eigenvalue weighted by Crippen LogP contribution is 2.34. The molecule has 0 aliphatic carbocycles. The number of aliphatic imine (C=N–C) groups is 1. The summed E-state index contributed by atoms with van der Waals surface area (Å²) < 4.78 is 2.36. The molecule has 0 radical (unpaired) electrons. The summed E-state index contributed by atoms with van der Waals surface area (Å²) in [6, 6.07) is 73.6. The summed E-state index contributed by atoms with van der Waals surface area (Å²) in [5.41, 5.74) is 15.9. The number of aromatic nitrogens is 1. The van der Waals surface area contributed by atoms with E-state index in [-0.39, 0.29) is 6.17 Å². The third-order valence-corrected chi connectivity index (χ3v) is 10.6. The second-order valence-electron chi connectivity index (χ2n) is 14.1. The first-order valence-electron chi connectivity index (χ1n) is 18.8. The fraction of sp³-hybridized carbons (Fsp3) is 0.0192. The molecule has 1 aliphatic heterocycles. The topological polar surface area (TPSA) is 29.3 Å². The van der Waals surface area contributed by atoms with Gasteiger partial charge in [-0.1, -0.05) is 164 Å². The van der Waals surface area contributed by atoms with Gasteiger partial charge in [0, 0.05) is 27.7 Å². The normalized spacial score (nSPS) is 14.0. The van der Waals surface area contributed by atoms with Crippen LogP contribution in [0.25, 0.3) is 66.6 Å². The average Bonchev–Trinajstić information content (AvgIpc) is 3.61. The van der Waals surface area contributed by atoms with Crippen molar-refractivity contribution in [1.29, 1.82) is 0 Å². The van der Waals surface area contributed by atoms with Crippen LogP contribution in [-0.4, -0.2) is 10.3 Å². The molecule has 55 heavy (non-hydrogen) atoms. The van der Waals surface area contributed by atoms with Crippen LogP contribution in [0.2, 0.25) is 0 Å². The number of hydrogen-bond acceptors (Lipinski definition) is 2. The van der Waals surface area contributed by atoms with Crippen LogP contribution in [-0.2, 0) is 0 Å². The van der Waals surface area contributed by atoms with Gasteiger partial charge in [0.25, 0.3) is 0 Å². The van der Waals surface area contributed by atoms with Crippen molar-refractivity contribution in [3.63, 3.8) is 0 Å². The van der Waals surface area contributed by atoms with Crippen LogP contribution in [0.15, 0.2) is 217 Å². The van der Waals surface area contributed by atoms with E-state index in [1.54, 1.807) is 0 Å². The fourth-order valence-electron chi connectivity index (χ4n) is 7.89. The highest BCUT2D eigenvalue weighted by molar-refractivity contribution is 6.13. The monoisotopic (exact) mass is 703 g/mol. The molecular weight excluding hydrogens is 667 g/mol. The predicted octanol–water partition coefficient (Wildman–Crippen LogP) is 12.9. The van der Waals surface area contributed by atoms with Crippen LogP contribution in [0, 0.1) is 0 Å². The Bertz CT molecular complexity index is 2830. The summed E-state index contributed by atoms with van der Waals surface area (Å²) >= 11 is 0. The van der Waals surface area contributed by atoms with Gasteiger partial charge < -0.3 is 9.88 Å². The largest absolute Gasteiger partial charge is 0.360 e. The van der Waals surface area contributed by atoms with Gasteiger partial charge in [-0.25, -0.2) is 0 Å². The molecule has 3 heteroatoms. The Morgan fingerprint density at radius 2 is 0.855 bits per heavy atom. The standard InChI is InChI=1S/C52H37N3/c1-3-14-36(15-4-1)39-18-11-21-42(32-39)48-35-49(54-52(53-48)44-23-13-20-41(34-44)37-16-5-2-6-17-37)43-22-12-19-40(33-43)38-28-30-45(31-29-38)55-50-26-9-7-24-46(50)47-25-8-10-27-51(47)55/h1-35,52-53H. The van der Waals surface area contributed by atoms with E-state index >= 15 is 0 Å². The lowest BCUT2D eigenvalue weighted by molar-refractivity contribution is 0.664. The van der Waals surface area contributed by atoms with Crippen molar-refractivity contribution in [3.05, 3.63) is 229 Å². The molecule has 0 saturated heterocycles. The van der Waals surface area contributed by atoms with Crippen LogP contribution in [0.5, 0.6) is 0 Å². The van der Waals surface area contributed by atoms with Gasteiger partial charge in [0.2, 0.25) is 0 Å². The zero-order valence-electron chi connectivity index (χ0n) is 30.2. The number of para-hydroxylation sites is 2. The molecule has 1 unspecified atom stereocenters. The molecule has 1 N–H and O–H groups in total. The lowest BCUT2D eigenvalue weighted by Crippen LogP contribution is -2.25. The van der Waals surface area contributed by atoms with Crippen LogP contribution in [0.4, 0.5) is 0 Å². The molecular formula is C52H37N3. The molecule has 1 aromatic heterocycles. The van der Waals surface area contributed by atoms with Crippen molar-refractivity contribution in [2.24, 2.45) is 4.99 Å². The quantitative estimate of drug-likeness (QED) is 0.176. The summed E-state index contributed by atoms with van der Waals surface area (Å²) in [4.78, 5) is 5.38. The molecule has 260 valence electrons. The second-order valence-corrected chi connectivity index (χ2v) is 14.1. The number of nitrogens with zero attached hydrogens (tertiary/aromatic N) is 2. The SMILES string of the molecule is C1=C(c2cccc(-c3ccccc3)c2)NC(c2cccc(-c3ccccc3)c2)N=C1c1cccc(-c2ccc(-n3c4ccccc4c4ccccc43)cc2)c1. The fourth-order valence-corrected chi connectivity index (χ4v) is 7.89. The molecule has 0 spiro atoms. The van der Waals surface area contributed by atoms with E-state index < -0.39 is 0 Å². The van der Waals surface area contributed by atoms with Gasteiger partial charge in [-0.05, 0) is 93.0 Å². The Morgan fingerprint density at radius 3 is 1.49 bits per heavy atom. The highest BCUT2D eigenvalue weighted by Gasteiger charge is 2.21. The van der Waals surface area contributed by atoms with Gasteiger partial charge in [-0.2, -0.15) is 0 Å². The molecule has 0 bridgehead atoms. The summed E-state index contributed by atoms with van der Waals surface area (Å²) in [6.45, 7) is 0. The zero-order chi connectivity index (χ0) is 36.6. The Morgan fingerprint density at radius 1 is 0.382 bits per heavy atom. The Kier molecular flexibility index (Phi) is 8.23. The van der Waals surface area contributed by atoms with E-state index in [4.69, 9.17) is 4.99 Å². The van der Waals surface area contributed by atoms with Crippen molar-refractivity contribution in [2.75, 3.05) is 0 Å². The lowest BCUT2D eigenvalue weighted by atomic mass is 9.96. The van der Waals surface area contributed by atoms with Gasteiger partial charge in [0.05, 0.1) is 16.7 Å². The zero-order valence-corrected chi connectivity index (χ0v) is 30.2. The van der Waals surface area contributed by atoms with Crippen LogP contribution in [0.3, 0.4) is 0 Å². The number of benzene rings is 8. The number of hydrogen-bond donors (Lipinski definition) is 1. The van der Waals surface area contributed by atoms with E-state index in [1.807, 2.05) is 0 Å². The highest BCUT2D eigenvalue weighted by atomic mass is 15.1. The molecule has 0 saturated carbocycles. The Hall–Kier alpha value is -7.23. The molecule has 8 aromatic carbocycles. The smallest absolute Gasteiger partial charge is 0.145 e. The minimum Gasteiger partial charge on any atom is -0.360 e. The molecule has 0 fully saturated rings. The molecule has 0 amide bonds. The van der Waals surface area contributed by atoms with Gasteiger partial charge in [-0.3, -0.25) is 4.99 Å². The van der Waals surface area contributed by atoms with Crippen molar-refractivity contribution >= 4 is 33.2 Å². The summed E-state index contributed by atoms with van der Waals surface area (Å²) in [5.74, 6) is 0. The second kappa shape index (κ2) is 14.0. The van der Waals surface area contributed by atoms with Gasteiger partial charge in [0.1, 0.15) is 6.17 Å². The minimum atomic E-state index is -0.270. The van der Waals surface area contributed by atoms with Crippen molar-refractivity contribution in [1.82, 2.24) is 9.88 Å². The van der Waals surface area contributed by atoms with Crippen molar-refractivity contribution < 1.29 is 0 Å². The van der Waals surface area contributed by atoms with Gasteiger partial charge >= 0.3 is 0 Å². The summed E-state index contributed by atoms with van der Waals surface area (Å²) in [6.07, 6.45) is 1.93. The van der Waals surface area contributed by atoms with Crippen molar-refractivity contribution in [2.45, 2.75) is 6.17 Å². The Labute approximate surface area is 321 Å². The van der Waals surface area contributed by atoms with Crippen LogP contribution >= 0.6 is 0 Å². The molecule has 1 aliphatic rings. The van der Waals surface area contributed by atoms with Crippen LogP contribution in [0.1, 0.15) is 22.9 Å². The number of rotatable bonds is 7. The van der Waals surface area contributed by atoms with E-state index in [2.05, 4.69) is 222 Å².